The minimum atomic E-state index is -0.149. The lowest BCUT2D eigenvalue weighted by atomic mass is 9.85. The van der Waals surface area contributed by atoms with Crippen molar-refractivity contribution in [3.8, 4) is 0 Å². The van der Waals surface area contributed by atoms with Gasteiger partial charge in [-0.3, -0.25) is 0 Å². The van der Waals surface area contributed by atoms with Crippen LogP contribution in [0.3, 0.4) is 0 Å². The van der Waals surface area contributed by atoms with Crippen LogP contribution in [0.4, 0.5) is 0 Å². The first-order chi connectivity index (χ1) is 7.15. The van der Waals surface area contributed by atoms with Crippen molar-refractivity contribution in [2.45, 2.75) is 56.9 Å². The topological polar surface area (TPSA) is 27.7 Å². The largest absolute Gasteiger partial charge is 0.377 e. The minimum absolute atomic E-state index is 0.0569. The van der Waals surface area contributed by atoms with Crippen molar-refractivity contribution < 1.29 is 14.2 Å². The van der Waals surface area contributed by atoms with Crippen LogP contribution in [0.5, 0.6) is 0 Å². The fraction of sp³-hybridized carbons (Fsp3) is 1.00. The summed E-state index contributed by atoms with van der Waals surface area (Å²) in [7, 11) is 5.54. The minimum Gasteiger partial charge on any atom is -0.377 e. The molecule has 0 N–H and O–H groups in total. The standard InChI is InChI=1S/C11H23BO3/c1-5-7-11(6-2)9(14-4)8(13-3)10(12)15-11/h8-10H,5-7,12H2,1-4H3/t8-,9+,10-,11-/m1/s1. The van der Waals surface area contributed by atoms with Gasteiger partial charge in [0, 0.05) is 14.2 Å². The smallest absolute Gasteiger partial charge is 0.142 e. The molecule has 0 bridgehead atoms. The molecule has 0 aliphatic carbocycles. The first kappa shape index (κ1) is 13.0. The maximum atomic E-state index is 6.10. The SMILES string of the molecule is B[C@@H]1O[C@](CC)(CCC)[C@@H](OC)[C@H]1OC. The first-order valence-corrected chi connectivity index (χ1v) is 5.88. The Morgan fingerprint density at radius 1 is 1.27 bits per heavy atom. The van der Waals surface area contributed by atoms with E-state index in [2.05, 4.69) is 21.7 Å². The van der Waals surface area contributed by atoms with Gasteiger partial charge in [0.25, 0.3) is 0 Å². The fourth-order valence-corrected chi connectivity index (χ4v) is 2.80. The molecule has 0 unspecified atom stereocenters. The Hall–Kier alpha value is -0.0551. The number of methoxy groups -OCH3 is 2. The van der Waals surface area contributed by atoms with Crippen LogP contribution in [0, 0.1) is 0 Å². The first-order valence-electron chi connectivity index (χ1n) is 5.88. The van der Waals surface area contributed by atoms with Crippen LogP contribution < -0.4 is 0 Å². The van der Waals surface area contributed by atoms with Crippen molar-refractivity contribution in [3.05, 3.63) is 0 Å². The lowest BCUT2D eigenvalue weighted by molar-refractivity contribution is -0.0946. The maximum absolute atomic E-state index is 6.10. The number of hydrogen-bond acceptors (Lipinski definition) is 3. The highest BCUT2D eigenvalue weighted by molar-refractivity contribution is 6.11. The van der Waals surface area contributed by atoms with Crippen molar-refractivity contribution in [3.63, 3.8) is 0 Å². The van der Waals surface area contributed by atoms with Gasteiger partial charge in [-0.25, -0.2) is 0 Å². The molecule has 0 spiro atoms. The van der Waals surface area contributed by atoms with Gasteiger partial charge in [-0.1, -0.05) is 20.3 Å². The lowest BCUT2D eigenvalue weighted by Crippen LogP contribution is -2.44. The monoisotopic (exact) mass is 214 g/mol. The third-order valence-corrected chi connectivity index (χ3v) is 3.50. The summed E-state index contributed by atoms with van der Waals surface area (Å²) in [5.41, 5.74) is -0.149. The van der Waals surface area contributed by atoms with Crippen LogP contribution in [0.2, 0.25) is 0 Å². The van der Waals surface area contributed by atoms with Crippen molar-refractivity contribution in [2.75, 3.05) is 14.2 Å². The van der Waals surface area contributed by atoms with Crippen LogP contribution in [0.1, 0.15) is 33.1 Å². The molecule has 0 aromatic rings. The Morgan fingerprint density at radius 3 is 2.33 bits per heavy atom. The van der Waals surface area contributed by atoms with Crippen LogP contribution >= 0.6 is 0 Å². The average molecular weight is 214 g/mol. The van der Waals surface area contributed by atoms with E-state index < -0.39 is 0 Å². The van der Waals surface area contributed by atoms with Gasteiger partial charge in [-0.2, -0.15) is 0 Å². The summed E-state index contributed by atoms with van der Waals surface area (Å²) in [6.45, 7) is 4.34. The summed E-state index contributed by atoms with van der Waals surface area (Å²) in [4.78, 5) is 0. The highest BCUT2D eigenvalue weighted by Crippen LogP contribution is 2.39. The summed E-state index contributed by atoms with van der Waals surface area (Å²) in [5, 5.41) is 0. The molecule has 1 heterocycles. The van der Waals surface area contributed by atoms with Gasteiger partial charge < -0.3 is 14.2 Å². The molecule has 0 aromatic heterocycles. The summed E-state index contributed by atoms with van der Waals surface area (Å²) in [6.07, 6.45) is 3.23. The zero-order valence-corrected chi connectivity index (χ0v) is 10.6. The average Bonchev–Trinajstić information content (AvgIpc) is 2.51. The van der Waals surface area contributed by atoms with Crippen LogP contribution in [-0.4, -0.2) is 45.9 Å². The van der Waals surface area contributed by atoms with Crippen LogP contribution in [0.15, 0.2) is 0 Å². The zero-order valence-electron chi connectivity index (χ0n) is 10.6. The van der Waals surface area contributed by atoms with Crippen LogP contribution in [0.25, 0.3) is 0 Å². The maximum Gasteiger partial charge on any atom is 0.142 e. The van der Waals surface area contributed by atoms with Crippen molar-refractivity contribution in [1.29, 1.82) is 0 Å². The van der Waals surface area contributed by atoms with Gasteiger partial charge in [0.2, 0.25) is 0 Å². The molecule has 0 radical (unpaired) electrons. The number of hydrogen-bond donors (Lipinski definition) is 0. The molecule has 4 atom stereocenters. The second kappa shape index (κ2) is 5.33. The van der Waals surface area contributed by atoms with E-state index in [9.17, 15) is 0 Å². The van der Waals surface area contributed by atoms with E-state index in [0.717, 1.165) is 19.3 Å². The van der Waals surface area contributed by atoms with E-state index in [4.69, 9.17) is 14.2 Å². The highest BCUT2D eigenvalue weighted by Gasteiger charge is 2.52. The normalized spacial score (nSPS) is 40.9. The predicted octanol–water partition coefficient (Wildman–Crippen LogP) is 0.955. The Morgan fingerprint density at radius 2 is 1.93 bits per heavy atom. The predicted molar refractivity (Wildman–Crippen MR) is 62.9 cm³/mol. The third kappa shape index (κ3) is 2.22. The Labute approximate surface area is 93.9 Å². The molecule has 1 rings (SSSR count). The van der Waals surface area contributed by atoms with Gasteiger partial charge in [0.05, 0.1) is 11.6 Å². The quantitative estimate of drug-likeness (QED) is 0.638. The molecule has 1 aliphatic rings. The summed E-state index contributed by atoms with van der Waals surface area (Å²) < 4.78 is 17.2. The molecule has 4 heteroatoms. The van der Waals surface area contributed by atoms with E-state index in [-0.39, 0.29) is 23.8 Å². The van der Waals surface area contributed by atoms with Crippen LogP contribution in [-0.2, 0) is 14.2 Å². The Balaban J connectivity index is 2.87. The van der Waals surface area contributed by atoms with Crippen molar-refractivity contribution >= 4 is 7.85 Å². The second-order valence-corrected chi connectivity index (χ2v) is 4.35. The molecule has 88 valence electrons. The molecule has 1 fully saturated rings. The van der Waals surface area contributed by atoms with Gasteiger partial charge in [0.1, 0.15) is 20.1 Å². The molecule has 0 saturated carbocycles. The molecule has 1 saturated heterocycles. The molecule has 3 nitrogen and oxygen atoms in total. The summed E-state index contributed by atoms with van der Waals surface area (Å²) in [5.74, 6) is 0. The van der Waals surface area contributed by atoms with E-state index in [1.807, 2.05) is 0 Å². The zero-order chi connectivity index (χ0) is 11.5. The molecular weight excluding hydrogens is 191 g/mol. The molecule has 0 aromatic carbocycles. The van der Waals surface area contributed by atoms with Gasteiger partial charge in [0.15, 0.2) is 0 Å². The summed E-state index contributed by atoms with van der Waals surface area (Å²) in [6, 6.07) is 0.117. The van der Waals surface area contributed by atoms with E-state index in [1.165, 1.54) is 0 Å². The Bertz CT molecular complexity index is 200. The van der Waals surface area contributed by atoms with Gasteiger partial charge >= 0.3 is 0 Å². The van der Waals surface area contributed by atoms with Gasteiger partial charge in [-0.15, -0.1) is 0 Å². The molecule has 0 amide bonds. The second-order valence-electron chi connectivity index (χ2n) is 4.35. The lowest BCUT2D eigenvalue weighted by Gasteiger charge is -2.33. The van der Waals surface area contributed by atoms with Crippen molar-refractivity contribution in [2.24, 2.45) is 0 Å². The molecular formula is C11H23BO3. The van der Waals surface area contributed by atoms with E-state index >= 15 is 0 Å². The summed E-state index contributed by atoms with van der Waals surface area (Å²) >= 11 is 0. The number of ether oxygens (including phenoxy) is 3. The van der Waals surface area contributed by atoms with E-state index in [0.29, 0.717) is 0 Å². The fourth-order valence-electron chi connectivity index (χ4n) is 2.80. The Kier molecular flexibility index (Phi) is 4.62. The highest BCUT2D eigenvalue weighted by atomic mass is 16.6. The van der Waals surface area contributed by atoms with Gasteiger partial charge in [-0.05, 0) is 12.8 Å². The molecule has 15 heavy (non-hydrogen) atoms. The van der Waals surface area contributed by atoms with Crippen molar-refractivity contribution in [1.82, 2.24) is 0 Å². The third-order valence-electron chi connectivity index (χ3n) is 3.50. The molecule has 1 aliphatic heterocycles. The number of rotatable bonds is 5. The van der Waals surface area contributed by atoms with E-state index in [1.54, 1.807) is 14.2 Å².